The van der Waals surface area contributed by atoms with Crippen LogP contribution in [0.5, 0.6) is 0 Å². The number of hydrogen-bond donors (Lipinski definition) is 0. The van der Waals surface area contributed by atoms with E-state index in [1.807, 2.05) is 17.0 Å². The fourth-order valence-corrected chi connectivity index (χ4v) is 3.23. The average molecular weight is 328 g/mol. The summed E-state index contributed by atoms with van der Waals surface area (Å²) in [6, 6.07) is 5.64. The Kier molecular flexibility index (Phi) is 7.61. The smallest absolute Gasteiger partial charge is 0.253 e. The average Bonchev–Trinajstić information content (AvgIpc) is 2.38. The number of hydrogen-bond acceptors (Lipinski definition) is 2. The van der Waals surface area contributed by atoms with Crippen molar-refractivity contribution in [3.8, 4) is 0 Å². The van der Waals surface area contributed by atoms with Crippen molar-refractivity contribution in [3.05, 3.63) is 28.8 Å². The summed E-state index contributed by atoms with van der Waals surface area (Å²) in [5.41, 5.74) is 0.682. The molecule has 0 aliphatic heterocycles. The van der Waals surface area contributed by atoms with Crippen LogP contribution in [-0.2, 0) is 0 Å². The van der Waals surface area contributed by atoms with Gasteiger partial charge in [0.15, 0.2) is 0 Å². The number of amides is 1. The second-order valence-corrected chi connectivity index (χ2v) is 7.79. The largest absolute Gasteiger partial charge is 0.338 e. The zero-order chi connectivity index (χ0) is 16.0. The van der Waals surface area contributed by atoms with Crippen LogP contribution in [0.25, 0.3) is 0 Å². The van der Waals surface area contributed by atoms with Crippen molar-refractivity contribution < 1.29 is 4.79 Å². The minimum Gasteiger partial charge on any atom is -0.338 e. The Morgan fingerprint density at radius 3 is 2.19 bits per heavy atom. The van der Waals surface area contributed by atoms with Crippen LogP contribution in [0.4, 0.5) is 0 Å². The molecule has 4 heteroatoms. The van der Waals surface area contributed by atoms with Gasteiger partial charge in [-0.1, -0.05) is 46.2 Å². The first-order valence-corrected chi connectivity index (χ1v) is 8.93. The molecule has 0 bridgehead atoms. The Balaban J connectivity index is 2.94. The molecular weight excluding hydrogens is 302 g/mol. The van der Waals surface area contributed by atoms with Gasteiger partial charge in [-0.05, 0) is 35.8 Å². The lowest BCUT2D eigenvalue weighted by Gasteiger charge is -2.26. The van der Waals surface area contributed by atoms with Gasteiger partial charge in [-0.25, -0.2) is 0 Å². The molecule has 1 aromatic rings. The van der Waals surface area contributed by atoms with Crippen molar-refractivity contribution in [2.45, 2.75) is 39.5 Å². The molecule has 2 nitrogen and oxygen atoms in total. The van der Waals surface area contributed by atoms with Crippen LogP contribution >= 0.6 is 23.4 Å². The number of carbonyl (C=O) groups excluding carboxylic acids is 1. The fourth-order valence-electron chi connectivity index (χ4n) is 2.21. The Labute approximate surface area is 138 Å². The number of carbonyl (C=O) groups is 1. The van der Waals surface area contributed by atoms with E-state index in [0.29, 0.717) is 22.4 Å². The summed E-state index contributed by atoms with van der Waals surface area (Å²) in [7, 11) is 0. The lowest BCUT2D eigenvalue weighted by molar-refractivity contribution is 0.0715. The van der Waals surface area contributed by atoms with Crippen LogP contribution < -0.4 is 0 Å². The van der Waals surface area contributed by atoms with Crippen LogP contribution in [0, 0.1) is 11.8 Å². The van der Waals surface area contributed by atoms with E-state index >= 15 is 0 Å². The molecule has 1 aromatic carbocycles. The van der Waals surface area contributed by atoms with E-state index in [1.54, 1.807) is 17.8 Å². The number of halogens is 1. The van der Waals surface area contributed by atoms with Crippen molar-refractivity contribution in [3.63, 3.8) is 0 Å². The standard InChI is InChI=1S/C17H26ClNOS/c1-6-21-16-8-7-14(9-15(16)18)17(20)19(10-12(2)3)11-13(4)5/h7-9,12-13H,6,10-11H2,1-5H3. The van der Waals surface area contributed by atoms with E-state index in [1.165, 1.54) is 0 Å². The quantitative estimate of drug-likeness (QED) is 0.641. The topological polar surface area (TPSA) is 20.3 Å². The minimum atomic E-state index is 0.0762. The molecule has 1 amide bonds. The highest BCUT2D eigenvalue weighted by Gasteiger charge is 2.18. The normalized spacial score (nSPS) is 11.2. The minimum absolute atomic E-state index is 0.0762. The van der Waals surface area contributed by atoms with Gasteiger partial charge < -0.3 is 4.90 Å². The summed E-state index contributed by atoms with van der Waals surface area (Å²) in [5.74, 6) is 1.96. The lowest BCUT2D eigenvalue weighted by Crippen LogP contribution is -2.37. The second kappa shape index (κ2) is 8.70. The lowest BCUT2D eigenvalue weighted by atomic mass is 10.1. The summed E-state index contributed by atoms with van der Waals surface area (Å²) in [4.78, 5) is 15.7. The first kappa shape index (κ1) is 18.4. The molecule has 0 heterocycles. The highest BCUT2D eigenvalue weighted by Crippen LogP contribution is 2.28. The molecule has 0 aliphatic rings. The molecule has 118 valence electrons. The first-order valence-electron chi connectivity index (χ1n) is 7.56. The summed E-state index contributed by atoms with van der Waals surface area (Å²) in [5, 5.41) is 0.668. The summed E-state index contributed by atoms with van der Waals surface area (Å²) in [6.45, 7) is 12.2. The Morgan fingerprint density at radius 1 is 1.19 bits per heavy atom. The van der Waals surface area contributed by atoms with Gasteiger partial charge in [0, 0.05) is 23.5 Å². The molecule has 0 aromatic heterocycles. The third-order valence-corrected chi connectivity index (χ3v) is 4.32. The van der Waals surface area contributed by atoms with Gasteiger partial charge in [-0.15, -0.1) is 11.8 Å². The van der Waals surface area contributed by atoms with Gasteiger partial charge >= 0.3 is 0 Å². The van der Waals surface area contributed by atoms with Gasteiger partial charge in [0.25, 0.3) is 5.91 Å². The molecular formula is C17H26ClNOS. The van der Waals surface area contributed by atoms with Gasteiger partial charge in [0.05, 0.1) is 5.02 Å². The van der Waals surface area contributed by atoms with Crippen molar-refractivity contribution in [1.82, 2.24) is 4.90 Å². The maximum atomic E-state index is 12.7. The van der Waals surface area contributed by atoms with Crippen molar-refractivity contribution in [1.29, 1.82) is 0 Å². The zero-order valence-corrected chi connectivity index (χ0v) is 15.2. The molecule has 0 saturated heterocycles. The SMILES string of the molecule is CCSc1ccc(C(=O)N(CC(C)C)CC(C)C)cc1Cl. The Bertz CT molecular complexity index is 464. The number of benzene rings is 1. The van der Waals surface area contributed by atoms with Gasteiger partial charge in [-0.2, -0.15) is 0 Å². The maximum Gasteiger partial charge on any atom is 0.253 e. The first-order chi connectivity index (χ1) is 9.85. The third kappa shape index (κ3) is 5.91. The van der Waals surface area contributed by atoms with Gasteiger partial charge in [0.1, 0.15) is 0 Å². The van der Waals surface area contributed by atoms with E-state index in [9.17, 15) is 4.79 Å². The Hall–Kier alpha value is -0.670. The number of nitrogens with zero attached hydrogens (tertiary/aromatic N) is 1. The molecule has 0 spiro atoms. The van der Waals surface area contributed by atoms with Crippen LogP contribution in [-0.4, -0.2) is 29.6 Å². The Morgan fingerprint density at radius 2 is 1.76 bits per heavy atom. The van der Waals surface area contributed by atoms with Gasteiger partial charge in [0.2, 0.25) is 0 Å². The second-order valence-electron chi connectivity index (χ2n) is 6.08. The molecule has 21 heavy (non-hydrogen) atoms. The summed E-state index contributed by atoms with van der Waals surface area (Å²) < 4.78 is 0. The van der Waals surface area contributed by atoms with E-state index < -0.39 is 0 Å². The predicted octanol–water partition coefficient (Wildman–Crippen LogP) is 5.21. The van der Waals surface area contributed by atoms with E-state index in [-0.39, 0.29) is 5.91 Å². The van der Waals surface area contributed by atoms with E-state index in [2.05, 4.69) is 34.6 Å². The highest BCUT2D eigenvalue weighted by atomic mass is 35.5. The zero-order valence-electron chi connectivity index (χ0n) is 13.6. The fraction of sp³-hybridized carbons (Fsp3) is 0.588. The summed E-state index contributed by atoms with van der Waals surface area (Å²) in [6.07, 6.45) is 0. The van der Waals surface area contributed by atoms with Crippen LogP contribution in [0.2, 0.25) is 5.02 Å². The molecule has 0 saturated carbocycles. The van der Waals surface area contributed by atoms with Crippen molar-refractivity contribution in [2.24, 2.45) is 11.8 Å². The monoisotopic (exact) mass is 327 g/mol. The van der Waals surface area contributed by atoms with E-state index in [4.69, 9.17) is 11.6 Å². The molecule has 0 atom stereocenters. The molecule has 0 aliphatic carbocycles. The number of thioether (sulfide) groups is 1. The molecule has 1 rings (SSSR count). The molecule has 0 unspecified atom stereocenters. The van der Waals surface area contributed by atoms with Gasteiger partial charge in [-0.3, -0.25) is 4.79 Å². The van der Waals surface area contributed by atoms with Crippen LogP contribution in [0.1, 0.15) is 45.0 Å². The van der Waals surface area contributed by atoms with Crippen LogP contribution in [0.3, 0.4) is 0 Å². The predicted molar refractivity (Wildman–Crippen MR) is 93.4 cm³/mol. The molecule has 0 radical (unpaired) electrons. The summed E-state index contributed by atoms with van der Waals surface area (Å²) >= 11 is 7.97. The molecule has 0 N–H and O–H groups in total. The van der Waals surface area contributed by atoms with Crippen LogP contribution in [0.15, 0.2) is 23.1 Å². The third-order valence-electron chi connectivity index (χ3n) is 2.94. The number of rotatable bonds is 7. The van der Waals surface area contributed by atoms with E-state index in [0.717, 1.165) is 23.7 Å². The van der Waals surface area contributed by atoms with Crippen molar-refractivity contribution >= 4 is 29.3 Å². The highest BCUT2D eigenvalue weighted by molar-refractivity contribution is 7.99. The maximum absolute atomic E-state index is 12.7. The molecule has 0 fully saturated rings. The van der Waals surface area contributed by atoms with Crippen molar-refractivity contribution in [2.75, 3.05) is 18.8 Å².